The number of nitrogens with one attached hydrogen (secondary N) is 1. The molecule has 0 aromatic rings. The molecule has 1 amide bonds. The van der Waals surface area contributed by atoms with Gasteiger partial charge in [0.25, 0.3) is 0 Å². The topological polar surface area (TPSA) is 219 Å². The summed E-state index contributed by atoms with van der Waals surface area (Å²) in [7, 11) is -10.7. The van der Waals surface area contributed by atoms with E-state index >= 15 is 0 Å². The first-order valence-corrected chi connectivity index (χ1v) is 8.26. The van der Waals surface area contributed by atoms with Crippen LogP contribution in [-0.4, -0.2) is 79.3 Å². The predicted octanol–water partition coefficient (Wildman–Crippen LogP) is -10.3. The molecule has 0 spiro atoms. The molecule has 0 radical (unpaired) electrons. The molecule has 0 rings (SSSR count). The number of hydrogen-bond acceptors (Lipinski definition) is 12. The third kappa shape index (κ3) is 14.5. The first-order chi connectivity index (χ1) is 10.3. The fourth-order valence-electron chi connectivity index (χ4n) is 1.36. The maximum absolute atomic E-state index is 10.9. The van der Waals surface area contributed by atoms with Gasteiger partial charge in [-0.15, -0.1) is 0 Å². The van der Waals surface area contributed by atoms with Crippen LogP contribution in [0, 0.1) is 0 Å². The van der Waals surface area contributed by atoms with Crippen LogP contribution in [0.1, 0.15) is 6.92 Å². The van der Waals surface area contributed by atoms with Crippen LogP contribution in [0.5, 0.6) is 0 Å². The average Bonchev–Trinajstić information content (AvgIpc) is 2.36. The summed E-state index contributed by atoms with van der Waals surface area (Å²) in [6.45, 7) is -0.410. The van der Waals surface area contributed by atoms with E-state index in [0.29, 0.717) is 0 Å². The van der Waals surface area contributed by atoms with E-state index < -0.39 is 57.7 Å². The van der Waals surface area contributed by atoms with Gasteiger partial charge in [0.2, 0.25) is 26.7 Å². The van der Waals surface area contributed by atoms with E-state index in [1.54, 1.807) is 0 Å². The molecule has 0 aromatic carbocycles. The number of aldehydes is 1. The van der Waals surface area contributed by atoms with Gasteiger partial charge in [-0.25, -0.2) is 16.8 Å². The van der Waals surface area contributed by atoms with E-state index in [9.17, 15) is 45.7 Å². The van der Waals surface area contributed by atoms with Crippen molar-refractivity contribution in [3.63, 3.8) is 0 Å². The van der Waals surface area contributed by atoms with Crippen LogP contribution in [-0.2, 0) is 38.8 Å². The van der Waals surface area contributed by atoms with Gasteiger partial charge in [0.1, 0.15) is 30.6 Å². The van der Waals surface area contributed by atoms with Crippen molar-refractivity contribution in [1.29, 1.82) is 0 Å². The third-order valence-electron chi connectivity index (χ3n) is 2.21. The molecule has 3 N–H and O–H groups in total. The Labute approximate surface area is 187 Å². The van der Waals surface area contributed by atoms with Gasteiger partial charge in [0.05, 0.1) is 6.61 Å². The molecular weight excluding hydrogens is 412 g/mol. The third-order valence-corrected chi connectivity index (χ3v) is 3.10. The minimum atomic E-state index is -5.49. The largest absolute Gasteiger partial charge is 1.00 e. The Morgan fingerprint density at radius 3 is 1.96 bits per heavy atom. The number of aliphatic hydroxyl groups is 2. The molecule has 0 saturated heterocycles. The first-order valence-electron chi connectivity index (χ1n) is 5.59. The van der Waals surface area contributed by atoms with Crippen molar-refractivity contribution in [2.45, 2.75) is 31.3 Å². The second kappa shape index (κ2) is 13.1. The monoisotopic (exact) mass is 425 g/mol. The summed E-state index contributed by atoms with van der Waals surface area (Å²) in [6.07, 6.45) is -7.03. The van der Waals surface area contributed by atoms with Gasteiger partial charge < -0.3 is 29.4 Å². The zero-order valence-electron chi connectivity index (χ0n) is 13.4. The summed E-state index contributed by atoms with van der Waals surface area (Å²) < 4.78 is 70.1. The van der Waals surface area contributed by atoms with Gasteiger partial charge in [0.15, 0.2) is 0 Å². The zero-order chi connectivity index (χ0) is 18.4. The molecule has 25 heavy (non-hydrogen) atoms. The summed E-state index contributed by atoms with van der Waals surface area (Å²) in [6, 6.07) is -1.88. The molecule has 0 unspecified atom stereocenters. The smallest absolute Gasteiger partial charge is 0.726 e. The molecule has 13 nitrogen and oxygen atoms in total. The van der Waals surface area contributed by atoms with Crippen LogP contribution in [0.4, 0.5) is 0 Å². The molecule has 0 aromatic heterocycles. The normalized spacial score (nSPS) is 16.4. The minimum Gasteiger partial charge on any atom is -0.726 e. The summed E-state index contributed by atoms with van der Waals surface area (Å²) in [5, 5.41) is 21.0. The standard InChI is InChI=1S/C8H15NO12S2.2Na/c1-4(11)9-5(2-10)8(21-23(17,18)19)7(13)6(12)3-20-22(14,15)16;;/h2,5-8,12-13H,3H2,1H3,(H,9,11)(H,14,15,16)(H,17,18,19);;/q;2*+1/p-2/t5-,6+,7+,8+;;/m0../s1. The van der Waals surface area contributed by atoms with Gasteiger partial charge in [0, 0.05) is 6.92 Å². The van der Waals surface area contributed by atoms with Crippen LogP contribution in [0.25, 0.3) is 0 Å². The summed E-state index contributed by atoms with van der Waals surface area (Å²) in [5.74, 6) is -0.876. The van der Waals surface area contributed by atoms with E-state index in [1.165, 1.54) is 0 Å². The SMILES string of the molecule is CC(=O)N[C@@H](C=O)[C@@H](OS(=O)(=O)[O-])[C@H](O)[C@H](O)COS(=O)(=O)[O-].[Na+].[Na+]. The van der Waals surface area contributed by atoms with Gasteiger partial charge in [-0.1, -0.05) is 0 Å². The van der Waals surface area contributed by atoms with Crippen molar-refractivity contribution in [2.24, 2.45) is 0 Å². The number of rotatable bonds is 10. The Balaban J connectivity index is -0.00000242. The molecule has 0 aliphatic carbocycles. The van der Waals surface area contributed by atoms with Crippen molar-refractivity contribution >= 4 is 33.0 Å². The Hall–Kier alpha value is 0.800. The number of amides is 1. The number of carbonyl (C=O) groups is 2. The van der Waals surface area contributed by atoms with Crippen molar-refractivity contribution < 1.29 is 113 Å². The average molecular weight is 425 g/mol. The quantitative estimate of drug-likeness (QED) is 0.129. The Bertz CT molecular complexity index is 623. The maximum Gasteiger partial charge on any atom is 1.00 e. The van der Waals surface area contributed by atoms with Crippen LogP contribution in [0.3, 0.4) is 0 Å². The second-order valence-electron chi connectivity index (χ2n) is 4.08. The van der Waals surface area contributed by atoms with E-state index in [4.69, 9.17) is 0 Å². The summed E-state index contributed by atoms with van der Waals surface area (Å²) in [4.78, 5) is 21.7. The van der Waals surface area contributed by atoms with E-state index in [-0.39, 0.29) is 65.4 Å². The molecule has 0 bridgehead atoms. The van der Waals surface area contributed by atoms with Crippen molar-refractivity contribution in [1.82, 2.24) is 5.32 Å². The molecular formula is C8H13NNa2O12S2. The van der Waals surface area contributed by atoms with Crippen molar-refractivity contribution in [2.75, 3.05) is 6.61 Å². The van der Waals surface area contributed by atoms with Crippen molar-refractivity contribution in [3.05, 3.63) is 0 Å². The second-order valence-corrected chi connectivity index (χ2v) is 6.14. The maximum atomic E-state index is 10.9. The molecule has 0 saturated carbocycles. The van der Waals surface area contributed by atoms with Gasteiger partial charge >= 0.3 is 59.1 Å². The van der Waals surface area contributed by atoms with E-state index in [1.807, 2.05) is 5.32 Å². The summed E-state index contributed by atoms with van der Waals surface area (Å²) >= 11 is 0. The van der Waals surface area contributed by atoms with E-state index in [0.717, 1.165) is 6.92 Å². The van der Waals surface area contributed by atoms with Crippen molar-refractivity contribution in [3.8, 4) is 0 Å². The van der Waals surface area contributed by atoms with Crippen LogP contribution in [0.15, 0.2) is 0 Å². The number of aliphatic hydroxyl groups excluding tert-OH is 2. The van der Waals surface area contributed by atoms with Gasteiger partial charge in [-0.3, -0.25) is 13.2 Å². The fourth-order valence-corrected chi connectivity index (χ4v) is 2.18. The molecule has 136 valence electrons. The zero-order valence-corrected chi connectivity index (χ0v) is 19.0. The Kier molecular flexibility index (Phi) is 15.9. The minimum absolute atomic E-state index is 0. The van der Waals surface area contributed by atoms with Crippen LogP contribution < -0.4 is 64.4 Å². The van der Waals surface area contributed by atoms with E-state index in [2.05, 4.69) is 8.37 Å². The van der Waals surface area contributed by atoms with Crippen LogP contribution >= 0.6 is 0 Å². The molecule has 0 aliphatic heterocycles. The molecule has 0 fully saturated rings. The Morgan fingerprint density at radius 1 is 1.16 bits per heavy atom. The number of hydrogen-bond donors (Lipinski definition) is 3. The van der Waals surface area contributed by atoms with Gasteiger partial charge in [-0.05, 0) is 0 Å². The molecule has 0 heterocycles. The predicted molar refractivity (Wildman–Crippen MR) is 65.9 cm³/mol. The molecule has 0 aliphatic rings. The first kappa shape index (κ1) is 30.5. The summed E-state index contributed by atoms with van der Waals surface area (Å²) in [5.41, 5.74) is 0. The van der Waals surface area contributed by atoms with Gasteiger partial charge in [-0.2, -0.15) is 0 Å². The Morgan fingerprint density at radius 2 is 1.64 bits per heavy atom. The number of carbonyl (C=O) groups excluding carboxylic acids is 2. The van der Waals surface area contributed by atoms with Crippen LogP contribution in [0.2, 0.25) is 0 Å². The fraction of sp³-hybridized carbons (Fsp3) is 0.750. The molecule has 4 atom stereocenters. The molecule has 17 heteroatoms.